The number of anilines is 1. The van der Waals surface area contributed by atoms with Gasteiger partial charge in [0.2, 0.25) is 0 Å². The van der Waals surface area contributed by atoms with Crippen molar-refractivity contribution in [3.8, 4) is 0 Å². The topological polar surface area (TPSA) is 57.7 Å². The first-order chi connectivity index (χ1) is 11.7. The van der Waals surface area contributed by atoms with E-state index in [1.54, 1.807) is 6.20 Å². The van der Waals surface area contributed by atoms with Crippen LogP contribution in [0.5, 0.6) is 0 Å². The van der Waals surface area contributed by atoms with Crippen LogP contribution in [0.25, 0.3) is 0 Å². The number of carbonyl (C=O) groups is 1. The van der Waals surface area contributed by atoms with Crippen LogP contribution in [0.4, 0.5) is 5.82 Å². The Hall–Kier alpha value is -1.66. The Morgan fingerprint density at radius 3 is 2.79 bits per heavy atom. The third kappa shape index (κ3) is 4.45. The average Bonchev–Trinajstić information content (AvgIpc) is 2.64. The van der Waals surface area contributed by atoms with Gasteiger partial charge in [-0.25, -0.2) is 4.98 Å². The Morgan fingerprint density at radius 1 is 1.29 bits per heavy atom. The molecule has 2 aliphatic heterocycles. The highest BCUT2D eigenvalue weighted by Crippen LogP contribution is 2.18. The van der Waals surface area contributed by atoms with Crippen molar-refractivity contribution in [1.82, 2.24) is 15.2 Å². The SMILES string of the molecule is CC1CCN(CCNC(=O)c2cccnc2N2CCOCC2)CC1. The Balaban J connectivity index is 1.53. The van der Waals surface area contributed by atoms with Crippen LogP contribution in [0.2, 0.25) is 0 Å². The molecule has 2 fully saturated rings. The summed E-state index contributed by atoms with van der Waals surface area (Å²) >= 11 is 0. The number of piperidine rings is 1. The number of nitrogens with zero attached hydrogens (tertiary/aromatic N) is 3. The van der Waals surface area contributed by atoms with Crippen LogP contribution in [0, 0.1) is 5.92 Å². The maximum Gasteiger partial charge on any atom is 0.255 e. The molecule has 6 heteroatoms. The van der Waals surface area contributed by atoms with E-state index in [1.807, 2.05) is 12.1 Å². The van der Waals surface area contributed by atoms with E-state index in [2.05, 4.69) is 27.0 Å². The van der Waals surface area contributed by atoms with Crippen molar-refractivity contribution >= 4 is 11.7 Å². The maximum absolute atomic E-state index is 12.6. The van der Waals surface area contributed by atoms with Crippen molar-refractivity contribution in [2.75, 3.05) is 57.4 Å². The number of ether oxygens (including phenoxy) is 1. The molecule has 0 aliphatic carbocycles. The van der Waals surface area contributed by atoms with Crippen LogP contribution < -0.4 is 10.2 Å². The van der Waals surface area contributed by atoms with Crippen molar-refractivity contribution in [2.45, 2.75) is 19.8 Å². The highest BCUT2D eigenvalue weighted by atomic mass is 16.5. The molecule has 132 valence electrons. The van der Waals surface area contributed by atoms with Gasteiger partial charge in [0.1, 0.15) is 5.82 Å². The lowest BCUT2D eigenvalue weighted by Crippen LogP contribution is -2.40. The van der Waals surface area contributed by atoms with E-state index in [-0.39, 0.29) is 5.91 Å². The van der Waals surface area contributed by atoms with E-state index in [4.69, 9.17) is 4.74 Å². The minimum atomic E-state index is -0.0324. The van der Waals surface area contributed by atoms with E-state index in [0.29, 0.717) is 25.3 Å². The lowest BCUT2D eigenvalue weighted by molar-refractivity contribution is 0.0942. The zero-order valence-electron chi connectivity index (χ0n) is 14.5. The number of pyridine rings is 1. The number of amides is 1. The molecule has 2 saturated heterocycles. The van der Waals surface area contributed by atoms with Crippen LogP contribution >= 0.6 is 0 Å². The molecule has 3 rings (SSSR count). The summed E-state index contributed by atoms with van der Waals surface area (Å²) in [4.78, 5) is 21.6. The molecule has 1 aromatic heterocycles. The van der Waals surface area contributed by atoms with Gasteiger partial charge >= 0.3 is 0 Å². The van der Waals surface area contributed by atoms with Gasteiger partial charge in [-0.15, -0.1) is 0 Å². The molecule has 0 spiro atoms. The van der Waals surface area contributed by atoms with Crippen molar-refractivity contribution in [3.63, 3.8) is 0 Å². The Kier molecular flexibility index (Phi) is 6.04. The first-order valence-corrected chi connectivity index (χ1v) is 9.02. The lowest BCUT2D eigenvalue weighted by atomic mass is 9.99. The molecule has 0 radical (unpaired) electrons. The minimum absolute atomic E-state index is 0.0324. The summed E-state index contributed by atoms with van der Waals surface area (Å²) in [7, 11) is 0. The fraction of sp³-hybridized carbons (Fsp3) is 0.667. The molecule has 0 saturated carbocycles. The molecule has 24 heavy (non-hydrogen) atoms. The molecule has 3 heterocycles. The highest BCUT2D eigenvalue weighted by molar-refractivity contribution is 5.98. The number of hydrogen-bond acceptors (Lipinski definition) is 5. The molecule has 1 N–H and O–H groups in total. The Morgan fingerprint density at radius 2 is 2.04 bits per heavy atom. The third-order valence-electron chi connectivity index (χ3n) is 4.93. The van der Waals surface area contributed by atoms with Crippen LogP contribution in [-0.4, -0.2) is 68.3 Å². The summed E-state index contributed by atoms with van der Waals surface area (Å²) < 4.78 is 5.39. The van der Waals surface area contributed by atoms with Gasteiger partial charge < -0.3 is 19.9 Å². The molecule has 6 nitrogen and oxygen atoms in total. The average molecular weight is 332 g/mol. The van der Waals surface area contributed by atoms with Gasteiger partial charge in [-0.1, -0.05) is 6.92 Å². The maximum atomic E-state index is 12.6. The zero-order chi connectivity index (χ0) is 16.8. The molecule has 2 aliphatic rings. The zero-order valence-corrected chi connectivity index (χ0v) is 14.5. The number of carbonyl (C=O) groups excluding carboxylic acids is 1. The molecule has 0 atom stereocenters. The van der Waals surface area contributed by atoms with Crippen molar-refractivity contribution in [2.24, 2.45) is 5.92 Å². The molecule has 0 unspecified atom stereocenters. The molecule has 1 aromatic rings. The second-order valence-corrected chi connectivity index (χ2v) is 6.75. The molecular formula is C18H28N4O2. The van der Waals surface area contributed by atoms with E-state index in [9.17, 15) is 4.79 Å². The predicted octanol–water partition coefficient (Wildman–Crippen LogP) is 1.38. The quantitative estimate of drug-likeness (QED) is 0.883. The first kappa shape index (κ1) is 17.2. The molecule has 0 aromatic carbocycles. The van der Waals surface area contributed by atoms with Crippen LogP contribution in [0.15, 0.2) is 18.3 Å². The second-order valence-electron chi connectivity index (χ2n) is 6.75. The summed E-state index contributed by atoms with van der Waals surface area (Å²) in [5, 5.41) is 3.06. The van der Waals surface area contributed by atoms with E-state index in [1.165, 1.54) is 12.8 Å². The monoisotopic (exact) mass is 332 g/mol. The normalized spacial score (nSPS) is 20.1. The van der Waals surface area contributed by atoms with Crippen molar-refractivity contribution in [1.29, 1.82) is 0 Å². The van der Waals surface area contributed by atoms with E-state index in [0.717, 1.165) is 44.5 Å². The third-order valence-corrected chi connectivity index (χ3v) is 4.93. The summed E-state index contributed by atoms with van der Waals surface area (Å²) in [5.74, 6) is 1.57. The smallest absolute Gasteiger partial charge is 0.255 e. The first-order valence-electron chi connectivity index (χ1n) is 9.02. The van der Waals surface area contributed by atoms with Crippen molar-refractivity contribution < 1.29 is 9.53 Å². The Bertz CT molecular complexity index is 538. The van der Waals surface area contributed by atoms with Gasteiger partial charge in [0, 0.05) is 32.4 Å². The number of nitrogens with one attached hydrogen (secondary N) is 1. The number of morpholine rings is 1. The second kappa shape index (κ2) is 8.44. The fourth-order valence-electron chi connectivity index (χ4n) is 3.31. The molecule has 0 bridgehead atoms. The highest BCUT2D eigenvalue weighted by Gasteiger charge is 2.20. The number of hydrogen-bond donors (Lipinski definition) is 1. The van der Waals surface area contributed by atoms with Gasteiger partial charge in [0.05, 0.1) is 18.8 Å². The lowest BCUT2D eigenvalue weighted by Gasteiger charge is -2.30. The van der Waals surface area contributed by atoms with Crippen LogP contribution in [0.1, 0.15) is 30.1 Å². The number of likely N-dealkylation sites (tertiary alicyclic amines) is 1. The standard InChI is InChI=1S/C18H28N4O2/c1-15-4-8-21(9-5-15)10-7-20-18(23)16-3-2-6-19-17(16)22-11-13-24-14-12-22/h2-3,6,15H,4-5,7-14H2,1H3,(H,20,23). The predicted molar refractivity (Wildman–Crippen MR) is 94.4 cm³/mol. The van der Waals surface area contributed by atoms with E-state index >= 15 is 0 Å². The number of rotatable bonds is 5. The summed E-state index contributed by atoms with van der Waals surface area (Å²) in [5.41, 5.74) is 0.659. The van der Waals surface area contributed by atoms with Crippen molar-refractivity contribution in [3.05, 3.63) is 23.9 Å². The summed E-state index contributed by atoms with van der Waals surface area (Å²) in [6.07, 6.45) is 4.27. The van der Waals surface area contributed by atoms with Gasteiger partial charge in [0.15, 0.2) is 0 Å². The van der Waals surface area contributed by atoms with Gasteiger partial charge in [0.25, 0.3) is 5.91 Å². The summed E-state index contributed by atoms with van der Waals surface area (Å²) in [6, 6.07) is 3.68. The van der Waals surface area contributed by atoms with Crippen LogP contribution in [-0.2, 0) is 4.74 Å². The van der Waals surface area contributed by atoms with Gasteiger partial charge in [-0.2, -0.15) is 0 Å². The number of aromatic nitrogens is 1. The molecular weight excluding hydrogens is 304 g/mol. The largest absolute Gasteiger partial charge is 0.378 e. The summed E-state index contributed by atoms with van der Waals surface area (Å²) in [6.45, 7) is 9.14. The Labute approximate surface area is 144 Å². The van der Waals surface area contributed by atoms with Crippen LogP contribution in [0.3, 0.4) is 0 Å². The molecule has 1 amide bonds. The van der Waals surface area contributed by atoms with Gasteiger partial charge in [-0.05, 0) is 44.0 Å². The van der Waals surface area contributed by atoms with Gasteiger partial charge in [-0.3, -0.25) is 4.79 Å². The minimum Gasteiger partial charge on any atom is -0.378 e. The fourth-order valence-corrected chi connectivity index (χ4v) is 3.31. The van der Waals surface area contributed by atoms with E-state index < -0.39 is 0 Å².